The van der Waals surface area contributed by atoms with Crippen molar-refractivity contribution in [3.05, 3.63) is 53.5 Å². The Hall–Kier alpha value is -3.20. The second-order valence-corrected chi connectivity index (χ2v) is 10.5. The van der Waals surface area contributed by atoms with Crippen LogP contribution in [0.15, 0.2) is 36.9 Å². The van der Waals surface area contributed by atoms with Crippen LogP contribution in [0.4, 0.5) is 9.18 Å². The van der Waals surface area contributed by atoms with E-state index in [2.05, 4.69) is 20.4 Å². The third kappa shape index (κ3) is 6.32. The number of alkyl carbamates (subject to hydrolysis) is 1. The van der Waals surface area contributed by atoms with Gasteiger partial charge in [0.2, 0.25) is 0 Å². The van der Waals surface area contributed by atoms with Crippen LogP contribution in [0.2, 0.25) is 5.15 Å². The minimum absolute atomic E-state index is 0.0861. The van der Waals surface area contributed by atoms with Gasteiger partial charge in [-0.25, -0.2) is 23.8 Å². The molecule has 1 aromatic carbocycles. The lowest BCUT2D eigenvalue weighted by Gasteiger charge is -2.30. The van der Waals surface area contributed by atoms with E-state index in [1.807, 2.05) is 33.8 Å². The number of hydrogen-bond donors (Lipinski definition) is 1. The maximum atomic E-state index is 14.4. The zero-order valence-electron chi connectivity index (χ0n) is 20.9. The number of amides is 1. The zero-order chi connectivity index (χ0) is 25.9. The highest BCUT2D eigenvalue weighted by molar-refractivity contribution is 6.31. The molecule has 36 heavy (non-hydrogen) atoms. The Labute approximate surface area is 215 Å². The number of benzene rings is 1. The van der Waals surface area contributed by atoms with E-state index in [1.165, 1.54) is 17.1 Å². The van der Waals surface area contributed by atoms with Crippen molar-refractivity contribution in [2.24, 2.45) is 5.92 Å². The van der Waals surface area contributed by atoms with Crippen LogP contribution in [0, 0.1) is 18.7 Å². The number of aromatic nitrogens is 4. The van der Waals surface area contributed by atoms with Crippen LogP contribution in [-0.2, 0) is 4.74 Å². The molecule has 192 valence electrons. The third-order valence-corrected chi connectivity index (χ3v) is 6.33. The van der Waals surface area contributed by atoms with Gasteiger partial charge in [-0.15, -0.1) is 0 Å². The van der Waals surface area contributed by atoms with E-state index in [4.69, 9.17) is 21.1 Å². The van der Waals surface area contributed by atoms with Crippen molar-refractivity contribution in [3.8, 4) is 22.7 Å². The minimum Gasteiger partial charge on any atom is -0.488 e. The predicted molar refractivity (Wildman–Crippen MR) is 135 cm³/mol. The number of rotatable bonds is 6. The van der Waals surface area contributed by atoms with Crippen LogP contribution in [0.5, 0.6) is 5.75 Å². The molecule has 1 aliphatic rings. The molecular formula is C26H31ClFN5O3. The Bertz CT molecular complexity index is 1200. The van der Waals surface area contributed by atoms with Crippen molar-refractivity contribution in [1.82, 2.24) is 25.1 Å². The summed E-state index contributed by atoms with van der Waals surface area (Å²) < 4.78 is 27.4. The quantitative estimate of drug-likeness (QED) is 0.411. The van der Waals surface area contributed by atoms with Crippen LogP contribution >= 0.6 is 11.6 Å². The maximum absolute atomic E-state index is 14.4. The van der Waals surface area contributed by atoms with E-state index in [1.54, 1.807) is 18.5 Å². The molecule has 0 atom stereocenters. The molecule has 2 aromatic heterocycles. The van der Waals surface area contributed by atoms with Crippen LogP contribution in [-0.4, -0.2) is 44.1 Å². The molecule has 0 unspecified atom stereocenters. The normalized spacial score (nSPS) is 18.1. The standard InChI is InChI=1S/C26H31ClFN5O3/c1-16-6-5-7-20(28)22(16)33-13-18(12-31-33)21-23(24(27)30-15-29-21)35-14-17-8-10-19(11-9-17)32-25(34)36-26(2,3)4/h5-7,12-13,15,17,19H,8-11,14H2,1-4H3,(H,32,34). The molecule has 10 heteroatoms. The van der Waals surface area contributed by atoms with Crippen LogP contribution in [0.25, 0.3) is 16.9 Å². The summed E-state index contributed by atoms with van der Waals surface area (Å²) in [4.78, 5) is 20.5. The molecular weight excluding hydrogens is 485 g/mol. The third-order valence-electron chi connectivity index (χ3n) is 6.06. The van der Waals surface area contributed by atoms with Crippen molar-refractivity contribution in [1.29, 1.82) is 0 Å². The predicted octanol–water partition coefficient (Wildman–Crippen LogP) is 5.89. The second-order valence-electron chi connectivity index (χ2n) is 10.1. The highest BCUT2D eigenvalue weighted by atomic mass is 35.5. The summed E-state index contributed by atoms with van der Waals surface area (Å²) >= 11 is 6.38. The minimum atomic E-state index is -0.519. The summed E-state index contributed by atoms with van der Waals surface area (Å²) in [7, 11) is 0. The molecule has 0 bridgehead atoms. The summed E-state index contributed by atoms with van der Waals surface area (Å²) in [5, 5.41) is 7.49. The number of ether oxygens (including phenoxy) is 2. The molecule has 0 radical (unpaired) electrons. The fraction of sp³-hybridized carbons (Fsp3) is 0.462. The van der Waals surface area contributed by atoms with Gasteiger partial charge in [-0.2, -0.15) is 5.10 Å². The van der Waals surface area contributed by atoms with Crippen molar-refractivity contribution < 1.29 is 18.7 Å². The van der Waals surface area contributed by atoms with E-state index in [0.717, 1.165) is 31.2 Å². The van der Waals surface area contributed by atoms with Gasteiger partial charge in [0.15, 0.2) is 10.9 Å². The van der Waals surface area contributed by atoms with Crippen molar-refractivity contribution in [2.75, 3.05) is 6.61 Å². The Balaban J connectivity index is 1.40. The number of carbonyl (C=O) groups excluding carboxylic acids is 1. The molecule has 2 heterocycles. The average molecular weight is 516 g/mol. The lowest BCUT2D eigenvalue weighted by atomic mass is 9.86. The van der Waals surface area contributed by atoms with E-state index in [9.17, 15) is 9.18 Å². The number of para-hydroxylation sites is 1. The summed E-state index contributed by atoms with van der Waals surface area (Å²) in [5.74, 6) is 0.311. The smallest absolute Gasteiger partial charge is 0.407 e. The highest BCUT2D eigenvalue weighted by Crippen LogP contribution is 2.35. The SMILES string of the molecule is Cc1cccc(F)c1-n1cc(-c2ncnc(Cl)c2OCC2CCC(NC(=O)OC(C)(C)C)CC2)cn1. The van der Waals surface area contributed by atoms with E-state index in [0.29, 0.717) is 35.2 Å². The highest BCUT2D eigenvalue weighted by Gasteiger charge is 2.26. The monoisotopic (exact) mass is 515 g/mol. The zero-order valence-corrected chi connectivity index (χ0v) is 21.7. The molecule has 0 aliphatic heterocycles. The largest absolute Gasteiger partial charge is 0.488 e. The number of hydrogen-bond acceptors (Lipinski definition) is 6. The van der Waals surface area contributed by atoms with E-state index < -0.39 is 5.60 Å². The first kappa shape index (κ1) is 25.9. The fourth-order valence-electron chi connectivity index (χ4n) is 4.32. The molecule has 3 aromatic rings. The van der Waals surface area contributed by atoms with E-state index in [-0.39, 0.29) is 23.1 Å². The van der Waals surface area contributed by atoms with Gasteiger partial charge >= 0.3 is 6.09 Å². The number of aryl methyl sites for hydroxylation is 1. The summed E-state index contributed by atoms with van der Waals surface area (Å²) in [6.07, 6.45) is 7.75. The first-order chi connectivity index (χ1) is 17.1. The van der Waals surface area contributed by atoms with Crippen LogP contribution < -0.4 is 10.1 Å². The second kappa shape index (κ2) is 10.8. The molecule has 8 nitrogen and oxygen atoms in total. The molecule has 1 fully saturated rings. The van der Waals surface area contributed by atoms with Gasteiger partial charge in [-0.05, 0) is 70.9 Å². The Morgan fingerprint density at radius 2 is 1.97 bits per heavy atom. The fourth-order valence-corrected chi connectivity index (χ4v) is 4.50. The van der Waals surface area contributed by atoms with Crippen molar-refractivity contribution in [2.45, 2.75) is 65.0 Å². The molecule has 4 rings (SSSR count). The molecule has 1 amide bonds. The van der Waals surface area contributed by atoms with E-state index >= 15 is 0 Å². The average Bonchev–Trinajstić information content (AvgIpc) is 3.27. The lowest BCUT2D eigenvalue weighted by Crippen LogP contribution is -2.41. The van der Waals surface area contributed by atoms with Gasteiger partial charge in [0.25, 0.3) is 0 Å². The molecule has 0 saturated heterocycles. The Morgan fingerprint density at radius 3 is 2.67 bits per heavy atom. The van der Waals surface area contributed by atoms with Crippen LogP contribution in [0.1, 0.15) is 52.0 Å². The molecule has 0 spiro atoms. The van der Waals surface area contributed by atoms with Crippen molar-refractivity contribution >= 4 is 17.7 Å². The number of nitrogens with zero attached hydrogens (tertiary/aromatic N) is 4. The van der Waals surface area contributed by atoms with Gasteiger partial charge in [0.05, 0.1) is 12.8 Å². The molecule has 1 N–H and O–H groups in total. The van der Waals surface area contributed by atoms with Crippen LogP contribution in [0.3, 0.4) is 0 Å². The first-order valence-corrected chi connectivity index (χ1v) is 12.4. The maximum Gasteiger partial charge on any atom is 0.407 e. The summed E-state index contributed by atoms with van der Waals surface area (Å²) in [5.41, 5.74) is 1.76. The summed E-state index contributed by atoms with van der Waals surface area (Å²) in [6.45, 7) is 7.81. The molecule has 1 saturated carbocycles. The number of carbonyl (C=O) groups is 1. The summed E-state index contributed by atoms with van der Waals surface area (Å²) in [6, 6.07) is 4.98. The van der Waals surface area contributed by atoms with Gasteiger partial charge in [0.1, 0.15) is 29.1 Å². The van der Waals surface area contributed by atoms with Gasteiger partial charge in [0, 0.05) is 17.8 Å². The topological polar surface area (TPSA) is 91.2 Å². The van der Waals surface area contributed by atoms with Crippen molar-refractivity contribution in [3.63, 3.8) is 0 Å². The van der Waals surface area contributed by atoms with Gasteiger partial charge in [-0.3, -0.25) is 0 Å². The van der Waals surface area contributed by atoms with Gasteiger partial charge in [-0.1, -0.05) is 23.7 Å². The Kier molecular flexibility index (Phi) is 7.78. The Morgan fingerprint density at radius 1 is 1.22 bits per heavy atom. The first-order valence-electron chi connectivity index (χ1n) is 12.0. The lowest BCUT2D eigenvalue weighted by molar-refractivity contribution is 0.0483. The number of nitrogens with one attached hydrogen (secondary N) is 1. The number of halogens is 2. The van der Waals surface area contributed by atoms with Gasteiger partial charge < -0.3 is 14.8 Å². The molecule has 1 aliphatic carbocycles.